The molecule has 4 aromatic rings. The number of ether oxygens (including phenoxy) is 1. The average Bonchev–Trinajstić information content (AvgIpc) is 3.26. The Kier molecular flexibility index (Phi) is 5.84. The molecule has 1 atom stereocenters. The summed E-state index contributed by atoms with van der Waals surface area (Å²) in [5.74, 6) is -0.421. The van der Waals surface area contributed by atoms with E-state index in [9.17, 15) is 19.7 Å². The first-order valence-electron chi connectivity index (χ1n) is 12.0. The van der Waals surface area contributed by atoms with Gasteiger partial charge in [-0.1, -0.05) is 47.7 Å². The Morgan fingerprint density at radius 3 is 2.53 bits per heavy atom. The summed E-state index contributed by atoms with van der Waals surface area (Å²) >= 11 is 1.29. The average molecular weight is 524 g/mol. The summed E-state index contributed by atoms with van der Waals surface area (Å²) in [7, 11) is 1.34. The highest BCUT2D eigenvalue weighted by Crippen LogP contribution is 2.41. The number of hydrogen-bond donors (Lipinski definition) is 0. The second-order valence-corrected chi connectivity index (χ2v) is 10.1. The summed E-state index contributed by atoms with van der Waals surface area (Å²) < 4.78 is 7.06. The first kappa shape index (κ1) is 23.7. The van der Waals surface area contributed by atoms with Crippen molar-refractivity contribution in [3.8, 4) is 0 Å². The number of nitrogens with zero attached hydrogens (tertiary/aromatic N) is 3. The molecule has 188 valence electrons. The smallest absolute Gasteiger partial charge is 0.337 e. The summed E-state index contributed by atoms with van der Waals surface area (Å²) in [5, 5.41) is 11.0. The topological polar surface area (TPSA) is 104 Å². The second kappa shape index (κ2) is 9.35. The van der Waals surface area contributed by atoms with E-state index in [1.807, 2.05) is 24.3 Å². The van der Waals surface area contributed by atoms with Gasteiger partial charge < -0.3 is 4.74 Å². The van der Waals surface area contributed by atoms with Crippen molar-refractivity contribution in [2.45, 2.75) is 18.9 Å². The van der Waals surface area contributed by atoms with Gasteiger partial charge in [-0.3, -0.25) is 19.5 Å². The van der Waals surface area contributed by atoms with Gasteiger partial charge in [-0.2, -0.15) is 0 Å². The molecule has 8 nitrogen and oxygen atoms in total. The molecular formula is C29H21N3O5S. The number of benzene rings is 3. The molecular weight excluding hydrogens is 502 g/mol. The molecule has 1 aliphatic heterocycles. The number of carbonyl (C=O) groups excluding carboxylic acids is 1. The van der Waals surface area contributed by atoms with Gasteiger partial charge in [0.25, 0.3) is 11.2 Å². The van der Waals surface area contributed by atoms with Crippen LogP contribution in [0.3, 0.4) is 0 Å². The van der Waals surface area contributed by atoms with Crippen LogP contribution in [-0.4, -0.2) is 22.6 Å². The lowest BCUT2D eigenvalue weighted by Crippen LogP contribution is -2.38. The number of hydrogen-bond acceptors (Lipinski definition) is 7. The van der Waals surface area contributed by atoms with Gasteiger partial charge in [0.15, 0.2) is 4.80 Å². The van der Waals surface area contributed by atoms with Crippen molar-refractivity contribution in [1.29, 1.82) is 0 Å². The Bertz CT molecular complexity index is 1820. The first-order chi connectivity index (χ1) is 18.4. The fourth-order valence-corrected chi connectivity index (χ4v) is 6.09. The molecule has 2 heterocycles. The third kappa shape index (κ3) is 3.97. The SMILES string of the molecule is COC(=O)c1ccc(C2C3=C(N=c4sc(=Cc5ccc([N+](=O)[O-])cc5)c(=O)n42)c2ccccc2CC3)cc1. The molecule has 0 saturated carbocycles. The maximum Gasteiger partial charge on any atom is 0.337 e. The predicted molar refractivity (Wildman–Crippen MR) is 144 cm³/mol. The molecule has 0 spiro atoms. The maximum absolute atomic E-state index is 13.8. The number of esters is 1. The number of aryl methyl sites for hydroxylation is 1. The Labute approximate surface area is 220 Å². The Morgan fingerprint density at radius 1 is 1.08 bits per heavy atom. The van der Waals surface area contributed by atoms with Crippen molar-refractivity contribution >= 4 is 34.8 Å². The summed E-state index contributed by atoms with van der Waals surface area (Å²) in [6.07, 6.45) is 3.33. The van der Waals surface area contributed by atoms with Gasteiger partial charge in [-0.05, 0) is 65.4 Å². The van der Waals surface area contributed by atoms with Gasteiger partial charge in [0.05, 0.1) is 33.9 Å². The van der Waals surface area contributed by atoms with Crippen molar-refractivity contribution in [2.75, 3.05) is 7.11 Å². The highest BCUT2D eigenvalue weighted by molar-refractivity contribution is 7.07. The molecule has 0 radical (unpaired) electrons. The van der Waals surface area contributed by atoms with E-state index in [4.69, 9.17) is 9.73 Å². The van der Waals surface area contributed by atoms with Gasteiger partial charge in [0, 0.05) is 17.7 Å². The standard InChI is InChI=1S/C29H21N3O5S/c1-37-28(34)20-10-8-19(9-11-20)26-23-15-12-18-4-2-3-5-22(18)25(23)30-29-31(26)27(33)24(38-29)16-17-6-13-21(14-7-17)32(35)36/h2-11,13-14,16,26H,12,15H2,1H3. The number of non-ortho nitro benzene ring substituents is 1. The van der Waals surface area contributed by atoms with Gasteiger partial charge >= 0.3 is 5.97 Å². The number of thiazole rings is 1. The number of aromatic nitrogens is 1. The summed E-state index contributed by atoms with van der Waals surface area (Å²) in [6, 6.07) is 21.1. The van der Waals surface area contributed by atoms with Crippen LogP contribution in [-0.2, 0) is 11.2 Å². The molecule has 38 heavy (non-hydrogen) atoms. The Balaban J connectivity index is 1.55. The minimum absolute atomic E-state index is 0.00893. The summed E-state index contributed by atoms with van der Waals surface area (Å²) in [5.41, 5.74) is 6.05. The normalized spacial score (nSPS) is 16.2. The lowest BCUT2D eigenvalue weighted by molar-refractivity contribution is -0.384. The first-order valence-corrected chi connectivity index (χ1v) is 12.8. The molecule has 0 N–H and O–H groups in total. The summed E-state index contributed by atoms with van der Waals surface area (Å²) in [6.45, 7) is 0. The zero-order valence-electron chi connectivity index (χ0n) is 20.3. The van der Waals surface area contributed by atoms with Crippen molar-refractivity contribution in [2.24, 2.45) is 4.99 Å². The number of carbonyl (C=O) groups is 1. The van der Waals surface area contributed by atoms with E-state index in [0.717, 1.165) is 35.2 Å². The zero-order chi connectivity index (χ0) is 26.4. The molecule has 3 aromatic carbocycles. The number of methoxy groups -OCH3 is 1. The van der Waals surface area contributed by atoms with E-state index < -0.39 is 10.9 Å². The molecule has 6 rings (SSSR count). The van der Waals surface area contributed by atoms with Gasteiger partial charge in [0.2, 0.25) is 0 Å². The molecule has 1 aliphatic carbocycles. The van der Waals surface area contributed by atoms with Crippen LogP contribution >= 0.6 is 11.3 Å². The lowest BCUT2D eigenvalue weighted by Gasteiger charge is -2.30. The van der Waals surface area contributed by atoms with Crippen LogP contribution in [0, 0.1) is 10.1 Å². The predicted octanol–water partition coefficient (Wildman–Crippen LogP) is 4.01. The lowest BCUT2D eigenvalue weighted by atomic mass is 9.83. The largest absolute Gasteiger partial charge is 0.465 e. The van der Waals surface area contributed by atoms with Crippen LogP contribution < -0.4 is 14.9 Å². The van der Waals surface area contributed by atoms with E-state index >= 15 is 0 Å². The molecule has 1 unspecified atom stereocenters. The monoisotopic (exact) mass is 523 g/mol. The van der Waals surface area contributed by atoms with Crippen LogP contribution in [0.25, 0.3) is 11.8 Å². The fraction of sp³-hybridized carbons (Fsp3) is 0.138. The van der Waals surface area contributed by atoms with Crippen LogP contribution in [0.15, 0.2) is 88.2 Å². The Morgan fingerprint density at radius 2 is 1.82 bits per heavy atom. The summed E-state index contributed by atoms with van der Waals surface area (Å²) in [4.78, 5) is 41.9. The zero-order valence-corrected chi connectivity index (χ0v) is 21.1. The molecule has 0 amide bonds. The van der Waals surface area contributed by atoms with E-state index in [-0.39, 0.29) is 17.3 Å². The van der Waals surface area contributed by atoms with E-state index in [1.54, 1.807) is 34.9 Å². The highest BCUT2D eigenvalue weighted by Gasteiger charge is 2.32. The van der Waals surface area contributed by atoms with Crippen molar-refractivity contribution < 1.29 is 14.5 Å². The molecule has 2 aliphatic rings. The van der Waals surface area contributed by atoms with Crippen LogP contribution in [0.5, 0.6) is 0 Å². The minimum Gasteiger partial charge on any atom is -0.465 e. The third-order valence-corrected chi connectivity index (χ3v) is 7.91. The fourth-order valence-electron chi connectivity index (χ4n) is 5.09. The quantitative estimate of drug-likeness (QED) is 0.228. The van der Waals surface area contributed by atoms with E-state index in [1.165, 1.54) is 36.1 Å². The van der Waals surface area contributed by atoms with Gasteiger partial charge in [-0.25, -0.2) is 9.79 Å². The van der Waals surface area contributed by atoms with E-state index in [0.29, 0.717) is 20.5 Å². The minimum atomic E-state index is -0.453. The molecule has 0 bridgehead atoms. The second-order valence-electron chi connectivity index (χ2n) is 9.08. The third-order valence-electron chi connectivity index (χ3n) is 6.92. The number of nitro benzene ring substituents is 1. The van der Waals surface area contributed by atoms with Crippen molar-refractivity contribution in [3.05, 3.63) is 136 Å². The van der Waals surface area contributed by atoms with E-state index in [2.05, 4.69) is 12.1 Å². The maximum atomic E-state index is 13.8. The van der Waals surface area contributed by atoms with Crippen LogP contribution in [0.2, 0.25) is 0 Å². The van der Waals surface area contributed by atoms with Gasteiger partial charge in [-0.15, -0.1) is 0 Å². The Hall–Kier alpha value is -4.63. The number of allylic oxidation sites excluding steroid dienone is 1. The van der Waals surface area contributed by atoms with Crippen LogP contribution in [0.4, 0.5) is 5.69 Å². The van der Waals surface area contributed by atoms with Crippen LogP contribution in [0.1, 0.15) is 45.1 Å². The number of fused-ring (bicyclic) bond motifs is 3. The van der Waals surface area contributed by atoms with Gasteiger partial charge in [0.1, 0.15) is 0 Å². The molecule has 0 fully saturated rings. The highest BCUT2D eigenvalue weighted by atomic mass is 32.1. The van der Waals surface area contributed by atoms with Crippen molar-refractivity contribution in [1.82, 2.24) is 4.57 Å². The van der Waals surface area contributed by atoms with Crippen molar-refractivity contribution in [3.63, 3.8) is 0 Å². The molecule has 0 saturated heterocycles. The molecule has 9 heteroatoms. The molecule has 1 aromatic heterocycles. The number of nitro groups is 1. The number of rotatable bonds is 4.